The van der Waals surface area contributed by atoms with Gasteiger partial charge in [-0.1, -0.05) is 31.2 Å². The lowest BCUT2D eigenvalue weighted by atomic mass is 10.1. The van der Waals surface area contributed by atoms with E-state index >= 15 is 0 Å². The molecule has 3 nitrogen and oxygen atoms in total. The van der Waals surface area contributed by atoms with Crippen LogP contribution in [0.25, 0.3) is 0 Å². The van der Waals surface area contributed by atoms with Crippen LogP contribution in [0.15, 0.2) is 29.3 Å². The van der Waals surface area contributed by atoms with Crippen molar-refractivity contribution in [2.45, 2.75) is 32.9 Å². The summed E-state index contributed by atoms with van der Waals surface area (Å²) < 4.78 is 0. The van der Waals surface area contributed by atoms with E-state index in [0.717, 1.165) is 18.4 Å². The van der Waals surface area contributed by atoms with Gasteiger partial charge in [-0.15, -0.1) is 0 Å². The predicted molar refractivity (Wildman–Crippen MR) is 76.7 cm³/mol. The first kappa shape index (κ1) is 12.9. The van der Waals surface area contributed by atoms with Crippen LogP contribution in [0, 0.1) is 12.8 Å². The lowest BCUT2D eigenvalue weighted by molar-refractivity contribution is 0.473. The van der Waals surface area contributed by atoms with Crippen molar-refractivity contribution in [2.24, 2.45) is 10.9 Å². The van der Waals surface area contributed by atoms with Crippen molar-refractivity contribution in [3.05, 3.63) is 35.4 Å². The van der Waals surface area contributed by atoms with Crippen LogP contribution in [0.4, 0.5) is 0 Å². The Bertz CT molecular complexity index is 439. The highest BCUT2D eigenvalue weighted by molar-refractivity contribution is 5.80. The molecule has 0 aromatic heterocycles. The molecule has 3 heteroatoms. The molecule has 0 aliphatic heterocycles. The monoisotopic (exact) mass is 245 g/mol. The van der Waals surface area contributed by atoms with Crippen LogP contribution >= 0.6 is 0 Å². The zero-order valence-electron chi connectivity index (χ0n) is 11.8. The Morgan fingerprint density at radius 2 is 2.11 bits per heavy atom. The molecule has 0 saturated heterocycles. The molecular formula is C15H23N3. The van der Waals surface area contributed by atoms with Crippen LogP contribution in [0.5, 0.6) is 0 Å². The summed E-state index contributed by atoms with van der Waals surface area (Å²) in [6.45, 7) is 5.32. The number of hydrogen-bond acceptors (Lipinski definition) is 1. The average Bonchev–Trinajstić information content (AvgIpc) is 3.05. The molecule has 0 spiro atoms. The fourth-order valence-electron chi connectivity index (χ4n) is 2.15. The Hall–Kier alpha value is -1.51. The number of hydrogen-bond donors (Lipinski definition) is 1. The van der Waals surface area contributed by atoms with E-state index in [1.807, 2.05) is 7.05 Å². The fourth-order valence-corrected chi connectivity index (χ4v) is 2.15. The van der Waals surface area contributed by atoms with Gasteiger partial charge in [-0.05, 0) is 30.4 Å². The van der Waals surface area contributed by atoms with Gasteiger partial charge in [0.2, 0.25) is 0 Å². The Balaban J connectivity index is 1.97. The first-order valence-corrected chi connectivity index (χ1v) is 6.60. The minimum Gasteiger partial charge on any atom is -0.353 e. The molecule has 1 saturated carbocycles. The third-order valence-electron chi connectivity index (χ3n) is 3.67. The molecule has 0 heterocycles. The molecule has 1 aromatic rings. The van der Waals surface area contributed by atoms with Gasteiger partial charge in [0.15, 0.2) is 5.96 Å². The quantitative estimate of drug-likeness (QED) is 0.654. The number of nitrogens with zero attached hydrogens (tertiary/aromatic N) is 2. The highest BCUT2D eigenvalue weighted by atomic mass is 15.3. The lowest BCUT2D eigenvalue weighted by Crippen LogP contribution is -2.40. The van der Waals surface area contributed by atoms with Gasteiger partial charge in [-0.3, -0.25) is 4.99 Å². The van der Waals surface area contributed by atoms with E-state index in [-0.39, 0.29) is 0 Å². The molecule has 2 rings (SSSR count). The van der Waals surface area contributed by atoms with Crippen molar-refractivity contribution < 1.29 is 0 Å². The molecule has 2 unspecified atom stereocenters. The van der Waals surface area contributed by atoms with Crippen molar-refractivity contribution >= 4 is 5.96 Å². The molecule has 1 fully saturated rings. The SMILES string of the molecule is CN=C(NC1CC1C)N(C)Cc1ccccc1C. The summed E-state index contributed by atoms with van der Waals surface area (Å²) in [6.07, 6.45) is 1.26. The minimum atomic E-state index is 0.614. The Kier molecular flexibility index (Phi) is 3.90. The number of rotatable bonds is 3. The largest absolute Gasteiger partial charge is 0.353 e. The van der Waals surface area contributed by atoms with E-state index in [1.165, 1.54) is 17.5 Å². The summed E-state index contributed by atoms with van der Waals surface area (Å²) in [5.74, 6) is 1.78. The standard InChI is InChI=1S/C15H23N3/c1-11-7-5-6-8-13(11)10-18(4)15(16-3)17-14-9-12(14)2/h5-8,12,14H,9-10H2,1-4H3,(H,16,17). The van der Waals surface area contributed by atoms with Crippen molar-refractivity contribution in [1.29, 1.82) is 0 Å². The molecular weight excluding hydrogens is 222 g/mol. The summed E-state index contributed by atoms with van der Waals surface area (Å²) in [4.78, 5) is 6.55. The van der Waals surface area contributed by atoms with E-state index < -0.39 is 0 Å². The maximum atomic E-state index is 4.36. The van der Waals surface area contributed by atoms with Crippen LogP contribution in [0.3, 0.4) is 0 Å². The minimum absolute atomic E-state index is 0.614. The Labute approximate surface area is 110 Å². The highest BCUT2D eigenvalue weighted by Crippen LogP contribution is 2.29. The molecule has 1 aromatic carbocycles. The number of benzene rings is 1. The zero-order valence-corrected chi connectivity index (χ0v) is 11.8. The van der Waals surface area contributed by atoms with E-state index in [1.54, 1.807) is 0 Å². The van der Waals surface area contributed by atoms with Crippen LogP contribution < -0.4 is 5.32 Å². The third-order valence-corrected chi connectivity index (χ3v) is 3.67. The number of guanidine groups is 1. The van der Waals surface area contributed by atoms with E-state index in [4.69, 9.17) is 0 Å². The Morgan fingerprint density at radius 3 is 2.67 bits per heavy atom. The van der Waals surface area contributed by atoms with Gasteiger partial charge in [0.1, 0.15) is 0 Å². The van der Waals surface area contributed by atoms with Crippen molar-refractivity contribution in [3.63, 3.8) is 0 Å². The number of nitrogens with one attached hydrogen (secondary N) is 1. The van der Waals surface area contributed by atoms with E-state index in [0.29, 0.717) is 6.04 Å². The van der Waals surface area contributed by atoms with Gasteiger partial charge >= 0.3 is 0 Å². The molecule has 1 aliphatic rings. The summed E-state index contributed by atoms with van der Waals surface area (Å²) in [5.41, 5.74) is 2.69. The first-order valence-electron chi connectivity index (χ1n) is 6.60. The maximum Gasteiger partial charge on any atom is 0.193 e. The molecule has 0 radical (unpaired) electrons. The summed E-state index contributed by atoms with van der Waals surface area (Å²) >= 11 is 0. The second-order valence-corrected chi connectivity index (χ2v) is 5.29. The molecule has 2 atom stereocenters. The predicted octanol–water partition coefficient (Wildman–Crippen LogP) is 2.41. The smallest absolute Gasteiger partial charge is 0.193 e. The normalized spacial score (nSPS) is 22.8. The average molecular weight is 245 g/mol. The van der Waals surface area contributed by atoms with Gasteiger partial charge in [0.05, 0.1) is 0 Å². The lowest BCUT2D eigenvalue weighted by Gasteiger charge is -2.23. The molecule has 1 N–H and O–H groups in total. The maximum absolute atomic E-state index is 4.36. The van der Waals surface area contributed by atoms with Gasteiger partial charge in [0.25, 0.3) is 0 Å². The molecule has 98 valence electrons. The van der Waals surface area contributed by atoms with E-state index in [9.17, 15) is 0 Å². The van der Waals surface area contributed by atoms with Gasteiger partial charge in [-0.25, -0.2) is 0 Å². The topological polar surface area (TPSA) is 27.6 Å². The van der Waals surface area contributed by atoms with Gasteiger partial charge in [-0.2, -0.15) is 0 Å². The van der Waals surface area contributed by atoms with Crippen LogP contribution in [-0.4, -0.2) is 31.0 Å². The highest BCUT2D eigenvalue weighted by Gasteiger charge is 2.33. The summed E-state index contributed by atoms with van der Waals surface area (Å²) in [6, 6.07) is 9.12. The molecule has 0 amide bonds. The molecule has 1 aliphatic carbocycles. The van der Waals surface area contributed by atoms with Crippen molar-refractivity contribution in [1.82, 2.24) is 10.2 Å². The van der Waals surface area contributed by atoms with Gasteiger partial charge in [0, 0.05) is 26.7 Å². The first-order chi connectivity index (χ1) is 8.61. The second kappa shape index (κ2) is 5.42. The zero-order chi connectivity index (χ0) is 13.1. The van der Waals surface area contributed by atoms with E-state index in [2.05, 4.69) is 60.4 Å². The third kappa shape index (κ3) is 3.03. The van der Waals surface area contributed by atoms with Crippen molar-refractivity contribution in [3.8, 4) is 0 Å². The number of aliphatic imine (C=N–C) groups is 1. The fraction of sp³-hybridized carbons (Fsp3) is 0.533. The second-order valence-electron chi connectivity index (χ2n) is 5.29. The molecule has 18 heavy (non-hydrogen) atoms. The van der Waals surface area contributed by atoms with Crippen LogP contribution in [-0.2, 0) is 6.54 Å². The van der Waals surface area contributed by atoms with Crippen molar-refractivity contribution in [2.75, 3.05) is 14.1 Å². The van der Waals surface area contributed by atoms with Gasteiger partial charge < -0.3 is 10.2 Å². The molecule has 0 bridgehead atoms. The number of aryl methyl sites for hydroxylation is 1. The van der Waals surface area contributed by atoms with Crippen LogP contribution in [0.2, 0.25) is 0 Å². The van der Waals surface area contributed by atoms with Crippen LogP contribution in [0.1, 0.15) is 24.5 Å². The summed E-state index contributed by atoms with van der Waals surface area (Å²) in [7, 11) is 3.94. The summed E-state index contributed by atoms with van der Waals surface area (Å²) in [5, 5.41) is 3.51. The Morgan fingerprint density at radius 1 is 1.44 bits per heavy atom.